The van der Waals surface area contributed by atoms with Gasteiger partial charge in [0.1, 0.15) is 0 Å². The molecule has 1 aromatic carbocycles. The minimum atomic E-state index is -0.0218. The molecule has 0 aliphatic carbocycles. The summed E-state index contributed by atoms with van der Waals surface area (Å²) in [4.78, 5) is 13.6. The van der Waals surface area contributed by atoms with E-state index in [0.29, 0.717) is 52.4 Å². The Labute approximate surface area is 168 Å². The van der Waals surface area contributed by atoms with Gasteiger partial charge in [0.2, 0.25) is 11.7 Å². The Kier molecular flexibility index (Phi) is 6.23. The average Bonchev–Trinajstić information content (AvgIpc) is 3.15. The first-order valence-corrected chi connectivity index (χ1v) is 9.18. The predicted molar refractivity (Wildman–Crippen MR) is 111 cm³/mol. The third-order valence-electron chi connectivity index (χ3n) is 4.30. The second kappa shape index (κ2) is 8.82. The Morgan fingerprint density at radius 3 is 2.31 bits per heavy atom. The third-order valence-corrected chi connectivity index (χ3v) is 4.30. The smallest absolute Gasteiger partial charge is 0.231 e. The number of methoxy groups -OCH3 is 3. The summed E-state index contributed by atoms with van der Waals surface area (Å²) in [6.07, 6.45) is 1.73. The SMILES string of the molecule is COc1cc(Nc2nc(NCCO)c3ncn(C(C)C)c3n2)cc(OC)c1OC. The molecule has 0 saturated carbocycles. The van der Waals surface area contributed by atoms with Gasteiger partial charge in [0.15, 0.2) is 28.5 Å². The van der Waals surface area contributed by atoms with Crippen molar-refractivity contribution in [3.05, 3.63) is 18.5 Å². The van der Waals surface area contributed by atoms with E-state index in [1.807, 2.05) is 4.57 Å². The van der Waals surface area contributed by atoms with E-state index in [9.17, 15) is 5.11 Å². The number of ether oxygens (including phenoxy) is 3. The van der Waals surface area contributed by atoms with Gasteiger partial charge in [0, 0.05) is 30.4 Å². The number of nitrogens with zero attached hydrogens (tertiary/aromatic N) is 4. The highest BCUT2D eigenvalue weighted by molar-refractivity contribution is 5.85. The molecule has 0 atom stereocenters. The summed E-state index contributed by atoms with van der Waals surface area (Å²) in [6, 6.07) is 3.72. The molecule has 2 aromatic heterocycles. The molecule has 2 heterocycles. The maximum Gasteiger partial charge on any atom is 0.231 e. The molecule has 10 nitrogen and oxygen atoms in total. The summed E-state index contributed by atoms with van der Waals surface area (Å²) in [5.74, 6) is 2.44. The molecule has 0 bridgehead atoms. The van der Waals surface area contributed by atoms with Gasteiger partial charge in [-0.05, 0) is 13.8 Å². The van der Waals surface area contributed by atoms with Gasteiger partial charge in [-0.15, -0.1) is 0 Å². The Hall–Kier alpha value is -3.27. The fourth-order valence-electron chi connectivity index (χ4n) is 2.93. The third kappa shape index (κ3) is 4.11. The summed E-state index contributed by atoms with van der Waals surface area (Å²) < 4.78 is 18.1. The van der Waals surface area contributed by atoms with Crippen LogP contribution in [0.1, 0.15) is 19.9 Å². The van der Waals surface area contributed by atoms with Gasteiger partial charge in [0.05, 0.1) is 34.3 Å². The lowest BCUT2D eigenvalue weighted by molar-refractivity contribution is 0.311. The Bertz CT molecular complexity index is 963. The molecule has 0 aliphatic rings. The molecule has 3 rings (SSSR count). The van der Waals surface area contributed by atoms with E-state index in [1.54, 1.807) is 39.8 Å². The van der Waals surface area contributed by atoms with Crippen LogP contribution >= 0.6 is 0 Å². The molecule has 0 saturated heterocycles. The molecule has 0 fully saturated rings. The highest BCUT2D eigenvalue weighted by Crippen LogP contribution is 2.40. The summed E-state index contributed by atoms with van der Waals surface area (Å²) in [6.45, 7) is 4.43. The van der Waals surface area contributed by atoms with Crippen molar-refractivity contribution in [1.82, 2.24) is 19.5 Å². The van der Waals surface area contributed by atoms with Crippen molar-refractivity contribution in [2.45, 2.75) is 19.9 Å². The molecular formula is C19H26N6O4. The predicted octanol–water partition coefficient (Wildman–Crippen LogP) is 2.58. The molecule has 0 spiro atoms. The first kappa shape index (κ1) is 20.5. The summed E-state index contributed by atoms with van der Waals surface area (Å²) >= 11 is 0. The van der Waals surface area contributed by atoms with Crippen LogP contribution in [-0.4, -0.2) is 59.1 Å². The monoisotopic (exact) mass is 402 g/mol. The number of benzene rings is 1. The van der Waals surface area contributed by atoms with Crippen molar-refractivity contribution in [3.8, 4) is 17.2 Å². The molecule has 0 aliphatic heterocycles. The standard InChI is InChI=1S/C19H26N6O4/c1-11(2)25-10-21-15-17(20-6-7-26)23-19(24-18(15)25)22-12-8-13(27-3)16(29-5)14(9-12)28-4/h8-11,26H,6-7H2,1-5H3,(H2,20,22,23,24). The summed E-state index contributed by atoms with van der Waals surface area (Å²) in [5.41, 5.74) is 2.00. The topological polar surface area (TPSA) is 116 Å². The van der Waals surface area contributed by atoms with E-state index in [2.05, 4.69) is 39.4 Å². The zero-order chi connectivity index (χ0) is 21.0. The normalized spacial score (nSPS) is 11.0. The first-order valence-electron chi connectivity index (χ1n) is 9.18. The second-order valence-electron chi connectivity index (χ2n) is 6.50. The van der Waals surface area contributed by atoms with Crippen molar-refractivity contribution < 1.29 is 19.3 Å². The number of imidazole rings is 1. The van der Waals surface area contributed by atoms with E-state index >= 15 is 0 Å². The fourth-order valence-corrected chi connectivity index (χ4v) is 2.93. The lowest BCUT2D eigenvalue weighted by Crippen LogP contribution is -2.10. The fraction of sp³-hybridized carbons (Fsp3) is 0.421. The van der Waals surface area contributed by atoms with Crippen LogP contribution in [0.2, 0.25) is 0 Å². The lowest BCUT2D eigenvalue weighted by atomic mass is 10.2. The van der Waals surface area contributed by atoms with Crippen LogP contribution in [0.4, 0.5) is 17.5 Å². The summed E-state index contributed by atoms with van der Waals surface area (Å²) in [7, 11) is 4.67. The number of aliphatic hydroxyl groups is 1. The van der Waals surface area contributed by atoms with E-state index in [1.165, 1.54) is 0 Å². The van der Waals surface area contributed by atoms with Crippen LogP contribution in [0.15, 0.2) is 18.5 Å². The van der Waals surface area contributed by atoms with Crippen LogP contribution in [-0.2, 0) is 0 Å². The van der Waals surface area contributed by atoms with Crippen molar-refractivity contribution in [1.29, 1.82) is 0 Å². The van der Waals surface area contributed by atoms with E-state index in [4.69, 9.17) is 14.2 Å². The number of anilines is 3. The van der Waals surface area contributed by atoms with E-state index in [-0.39, 0.29) is 12.6 Å². The molecule has 29 heavy (non-hydrogen) atoms. The number of fused-ring (bicyclic) bond motifs is 1. The van der Waals surface area contributed by atoms with Gasteiger partial charge in [-0.2, -0.15) is 9.97 Å². The van der Waals surface area contributed by atoms with Crippen LogP contribution in [0.5, 0.6) is 17.2 Å². The zero-order valence-electron chi connectivity index (χ0n) is 17.2. The number of nitrogens with one attached hydrogen (secondary N) is 2. The van der Waals surface area contributed by atoms with Crippen molar-refractivity contribution >= 4 is 28.6 Å². The molecule has 156 valence electrons. The van der Waals surface area contributed by atoms with E-state index in [0.717, 1.165) is 0 Å². The number of hydrogen-bond acceptors (Lipinski definition) is 9. The number of hydrogen-bond donors (Lipinski definition) is 3. The quantitative estimate of drug-likeness (QED) is 0.496. The molecule has 3 N–H and O–H groups in total. The molecular weight excluding hydrogens is 376 g/mol. The van der Waals surface area contributed by atoms with Crippen molar-refractivity contribution in [3.63, 3.8) is 0 Å². The van der Waals surface area contributed by atoms with Gasteiger partial charge in [-0.3, -0.25) is 0 Å². The first-order chi connectivity index (χ1) is 14.0. The molecule has 0 unspecified atom stereocenters. The zero-order valence-corrected chi connectivity index (χ0v) is 17.2. The second-order valence-corrected chi connectivity index (χ2v) is 6.50. The van der Waals surface area contributed by atoms with Crippen LogP contribution in [0.25, 0.3) is 11.2 Å². The minimum absolute atomic E-state index is 0.0218. The Balaban J connectivity index is 2.06. The van der Waals surface area contributed by atoms with Gasteiger partial charge < -0.3 is 34.5 Å². The summed E-state index contributed by atoms with van der Waals surface area (Å²) in [5, 5.41) is 15.5. The number of aliphatic hydroxyl groups excluding tert-OH is 1. The van der Waals surface area contributed by atoms with Gasteiger partial charge in [-0.25, -0.2) is 4.98 Å². The molecule has 3 aromatic rings. The molecule has 10 heteroatoms. The molecule has 0 radical (unpaired) electrons. The Morgan fingerprint density at radius 2 is 1.76 bits per heavy atom. The van der Waals surface area contributed by atoms with Gasteiger partial charge in [-0.1, -0.05) is 0 Å². The van der Waals surface area contributed by atoms with Crippen molar-refractivity contribution in [2.75, 3.05) is 45.1 Å². The number of rotatable bonds is 9. The largest absolute Gasteiger partial charge is 0.493 e. The lowest BCUT2D eigenvalue weighted by Gasteiger charge is -2.15. The number of aromatic nitrogens is 4. The average molecular weight is 402 g/mol. The Morgan fingerprint density at radius 1 is 1.07 bits per heavy atom. The van der Waals surface area contributed by atoms with Gasteiger partial charge in [0.25, 0.3) is 0 Å². The minimum Gasteiger partial charge on any atom is -0.493 e. The van der Waals surface area contributed by atoms with Crippen LogP contribution in [0, 0.1) is 0 Å². The maximum absolute atomic E-state index is 9.18. The van der Waals surface area contributed by atoms with Crippen LogP contribution in [0.3, 0.4) is 0 Å². The van der Waals surface area contributed by atoms with Crippen molar-refractivity contribution in [2.24, 2.45) is 0 Å². The van der Waals surface area contributed by atoms with Gasteiger partial charge >= 0.3 is 0 Å². The highest BCUT2D eigenvalue weighted by Gasteiger charge is 2.17. The maximum atomic E-state index is 9.18. The van der Waals surface area contributed by atoms with Crippen LogP contribution < -0.4 is 24.8 Å². The molecule has 0 amide bonds. The highest BCUT2D eigenvalue weighted by atomic mass is 16.5. The van der Waals surface area contributed by atoms with E-state index < -0.39 is 0 Å².